The topological polar surface area (TPSA) is 64.4 Å². The molecule has 142 valence electrons. The van der Waals surface area contributed by atoms with Gasteiger partial charge in [-0.1, -0.05) is 31.2 Å². The lowest BCUT2D eigenvalue weighted by molar-refractivity contribution is 0.162. The van der Waals surface area contributed by atoms with Crippen molar-refractivity contribution in [2.45, 2.75) is 24.3 Å². The van der Waals surface area contributed by atoms with E-state index in [0.29, 0.717) is 26.2 Å². The van der Waals surface area contributed by atoms with E-state index >= 15 is 0 Å². The Labute approximate surface area is 159 Å². The van der Waals surface area contributed by atoms with Crippen molar-refractivity contribution >= 4 is 10.0 Å². The summed E-state index contributed by atoms with van der Waals surface area (Å²) < 4.78 is 39.9. The zero-order chi connectivity index (χ0) is 19.4. The molecule has 1 aliphatic heterocycles. The van der Waals surface area contributed by atoms with Crippen LogP contribution in [-0.2, 0) is 16.4 Å². The first-order valence-corrected chi connectivity index (χ1v) is 10.4. The molecule has 0 N–H and O–H groups in total. The van der Waals surface area contributed by atoms with Crippen molar-refractivity contribution in [3.8, 4) is 6.07 Å². The van der Waals surface area contributed by atoms with Gasteiger partial charge in [0.2, 0.25) is 10.0 Å². The van der Waals surface area contributed by atoms with E-state index < -0.39 is 21.9 Å². The van der Waals surface area contributed by atoms with E-state index in [9.17, 15) is 18.1 Å². The van der Waals surface area contributed by atoms with Gasteiger partial charge in [0.25, 0.3) is 0 Å². The fourth-order valence-electron chi connectivity index (χ4n) is 3.26. The average molecular weight is 387 g/mol. The average Bonchev–Trinajstić information content (AvgIpc) is 2.70. The predicted molar refractivity (Wildman–Crippen MR) is 101 cm³/mol. The first-order chi connectivity index (χ1) is 13.0. The summed E-state index contributed by atoms with van der Waals surface area (Å²) in [7, 11) is -3.65. The summed E-state index contributed by atoms with van der Waals surface area (Å²) in [4.78, 5) is 2.09. The van der Waals surface area contributed by atoms with Gasteiger partial charge in [-0.05, 0) is 41.8 Å². The maximum atomic E-state index is 13.1. The summed E-state index contributed by atoms with van der Waals surface area (Å²) in [5.74, 6) is -0.468. The first kappa shape index (κ1) is 19.5. The van der Waals surface area contributed by atoms with Gasteiger partial charge in [-0.3, -0.25) is 4.90 Å². The van der Waals surface area contributed by atoms with Crippen molar-refractivity contribution in [3.05, 3.63) is 65.5 Å². The minimum absolute atomic E-state index is 0.0873. The van der Waals surface area contributed by atoms with Crippen LogP contribution in [0.5, 0.6) is 0 Å². The van der Waals surface area contributed by atoms with E-state index in [4.69, 9.17) is 0 Å². The Hall–Kier alpha value is -2.27. The molecule has 1 aliphatic rings. The lowest BCUT2D eigenvalue weighted by Crippen LogP contribution is -2.49. The van der Waals surface area contributed by atoms with Gasteiger partial charge >= 0.3 is 0 Å². The second kappa shape index (κ2) is 8.17. The number of aryl methyl sites for hydroxylation is 1. The van der Waals surface area contributed by atoms with Gasteiger partial charge in [-0.2, -0.15) is 9.57 Å². The molecule has 0 aromatic heterocycles. The van der Waals surface area contributed by atoms with Crippen LogP contribution in [0.15, 0.2) is 53.4 Å². The second-order valence-corrected chi connectivity index (χ2v) is 8.46. The number of rotatable bonds is 5. The Kier molecular flexibility index (Phi) is 5.90. The standard InChI is InChI=1S/C20H22FN3O2S/c1-2-16-3-5-17(6-4-16)20(15-22)23-11-13-24(14-12-23)27(25,26)19-9-7-18(21)8-10-19/h3-10,20H,2,11-14H2,1H3. The highest BCUT2D eigenvalue weighted by Gasteiger charge is 2.31. The molecule has 0 spiro atoms. The van der Waals surface area contributed by atoms with Crippen LogP contribution in [0.2, 0.25) is 0 Å². The third-order valence-corrected chi connectivity index (χ3v) is 6.83. The van der Waals surface area contributed by atoms with E-state index in [1.165, 1.54) is 22.0 Å². The van der Waals surface area contributed by atoms with E-state index in [2.05, 4.69) is 13.0 Å². The first-order valence-electron chi connectivity index (χ1n) is 8.94. The number of hydrogen-bond acceptors (Lipinski definition) is 4. The molecule has 0 amide bonds. The van der Waals surface area contributed by atoms with E-state index in [1.54, 1.807) is 0 Å². The Morgan fingerprint density at radius 1 is 1.04 bits per heavy atom. The Bertz CT molecular complexity index is 913. The molecule has 27 heavy (non-hydrogen) atoms. The van der Waals surface area contributed by atoms with Crippen LogP contribution < -0.4 is 0 Å². The normalized spacial score (nSPS) is 17.4. The summed E-state index contributed by atoms with van der Waals surface area (Å²) in [6.45, 7) is 3.61. The van der Waals surface area contributed by atoms with Gasteiger partial charge in [0.05, 0.1) is 11.0 Å². The quantitative estimate of drug-likeness (QED) is 0.791. The monoisotopic (exact) mass is 387 g/mol. The van der Waals surface area contributed by atoms with Gasteiger partial charge in [0, 0.05) is 26.2 Å². The lowest BCUT2D eigenvalue weighted by atomic mass is 10.0. The number of nitriles is 1. The van der Waals surface area contributed by atoms with Crippen molar-refractivity contribution in [1.82, 2.24) is 9.21 Å². The second-order valence-electron chi connectivity index (χ2n) is 6.52. The number of nitrogens with zero attached hydrogens (tertiary/aromatic N) is 3. The molecule has 3 rings (SSSR count). The zero-order valence-corrected chi connectivity index (χ0v) is 16.0. The highest BCUT2D eigenvalue weighted by atomic mass is 32.2. The molecule has 1 heterocycles. The number of sulfonamides is 1. The summed E-state index contributed by atoms with van der Waals surface area (Å²) in [6, 6.07) is 14.8. The van der Waals surface area contributed by atoms with Crippen molar-refractivity contribution in [1.29, 1.82) is 5.26 Å². The molecule has 5 nitrogen and oxygen atoms in total. The molecular weight excluding hydrogens is 365 g/mol. The SMILES string of the molecule is CCc1ccc(C(C#N)N2CCN(S(=O)(=O)c3ccc(F)cc3)CC2)cc1. The lowest BCUT2D eigenvalue weighted by Gasteiger charge is -2.36. The molecule has 2 aromatic rings. The highest BCUT2D eigenvalue weighted by Crippen LogP contribution is 2.24. The molecule has 0 aliphatic carbocycles. The molecule has 1 saturated heterocycles. The smallest absolute Gasteiger partial charge is 0.243 e. The van der Waals surface area contributed by atoms with Crippen LogP contribution in [0.25, 0.3) is 0 Å². The number of halogens is 1. The molecule has 1 fully saturated rings. The third kappa shape index (κ3) is 4.19. The Morgan fingerprint density at radius 3 is 2.15 bits per heavy atom. The fourth-order valence-corrected chi connectivity index (χ4v) is 4.68. The number of benzene rings is 2. The van der Waals surface area contributed by atoms with Crippen LogP contribution in [0.4, 0.5) is 4.39 Å². The van der Waals surface area contributed by atoms with Crippen LogP contribution in [-0.4, -0.2) is 43.8 Å². The predicted octanol–water partition coefficient (Wildman–Crippen LogP) is 2.96. The molecule has 0 bridgehead atoms. The van der Waals surface area contributed by atoms with Crippen LogP contribution >= 0.6 is 0 Å². The van der Waals surface area contributed by atoms with Gasteiger partial charge in [0.1, 0.15) is 11.9 Å². The molecule has 7 heteroatoms. The van der Waals surface area contributed by atoms with Crippen molar-refractivity contribution in [2.24, 2.45) is 0 Å². The summed E-state index contributed by atoms with van der Waals surface area (Å²) >= 11 is 0. The summed E-state index contributed by atoms with van der Waals surface area (Å²) in [5, 5.41) is 9.63. The molecule has 0 radical (unpaired) electrons. The van der Waals surface area contributed by atoms with Crippen LogP contribution in [0, 0.1) is 17.1 Å². The maximum absolute atomic E-state index is 13.1. The highest BCUT2D eigenvalue weighted by molar-refractivity contribution is 7.89. The van der Waals surface area contributed by atoms with Gasteiger partial charge in [-0.15, -0.1) is 0 Å². The maximum Gasteiger partial charge on any atom is 0.243 e. The zero-order valence-electron chi connectivity index (χ0n) is 15.2. The molecule has 0 saturated carbocycles. The Morgan fingerprint density at radius 2 is 1.63 bits per heavy atom. The molecular formula is C20H22FN3O2S. The molecule has 2 aromatic carbocycles. The van der Waals surface area contributed by atoms with Crippen LogP contribution in [0.1, 0.15) is 24.1 Å². The minimum Gasteiger partial charge on any atom is -0.282 e. The largest absolute Gasteiger partial charge is 0.282 e. The van der Waals surface area contributed by atoms with E-state index in [-0.39, 0.29) is 4.90 Å². The van der Waals surface area contributed by atoms with Gasteiger partial charge in [-0.25, -0.2) is 12.8 Å². The summed E-state index contributed by atoms with van der Waals surface area (Å²) in [6.07, 6.45) is 0.942. The van der Waals surface area contributed by atoms with Crippen molar-refractivity contribution < 1.29 is 12.8 Å². The van der Waals surface area contributed by atoms with E-state index in [0.717, 1.165) is 24.1 Å². The van der Waals surface area contributed by atoms with E-state index in [1.807, 2.05) is 29.2 Å². The van der Waals surface area contributed by atoms with Crippen LogP contribution in [0.3, 0.4) is 0 Å². The summed E-state index contributed by atoms with van der Waals surface area (Å²) in [5.41, 5.74) is 2.13. The third-order valence-electron chi connectivity index (χ3n) is 4.92. The van der Waals surface area contributed by atoms with Crippen molar-refractivity contribution in [3.63, 3.8) is 0 Å². The van der Waals surface area contributed by atoms with Crippen molar-refractivity contribution in [2.75, 3.05) is 26.2 Å². The fraction of sp³-hybridized carbons (Fsp3) is 0.350. The number of hydrogen-bond donors (Lipinski definition) is 0. The molecule has 1 atom stereocenters. The Balaban J connectivity index is 1.70. The van der Waals surface area contributed by atoms with Gasteiger partial charge in [0.15, 0.2) is 0 Å². The minimum atomic E-state index is -3.65. The van der Waals surface area contributed by atoms with Gasteiger partial charge < -0.3 is 0 Å². The molecule has 1 unspecified atom stereocenters. The number of piperazine rings is 1.